The lowest BCUT2D eigenvalue weighted by atomic mass is 10.0. The molecule has 5 nitrogen and oxygen atoms in total. The number of likely N-dealkylation sites (tertiary alicyclic amines) is 1. The molecule has 3 aliphatic rings. The van der Waals surface area contributed by atoms with Gasteiger partial charge in [0.2, 0.25) is 10.8 Å². The Labute approximate surface area is 179 Å². The molecule has 0 bridgehead atoms. The topological polar surface area (TPSA) is 43.9 Å². The zero-order valence-electron chi connectivity index (χ0n) is 16.9. The summed E-state index contributed by atoms with van der Waals surface area (Å²) >= 11 is 1.38. The number of amides is 2. The summed E-state index contributed by atoms with van der Waals surface area (Å²) in [5, 5.41) is -0.373. The molecule has 156 valence electrons. The predicted octanol–water partition coefficient (Wildman–Crippen LogP) is 3.94. The molecule has 30 heavy (non-hydrogen) atoms. The summed E-state index contributed by atoms with van der Waals surface area (Å²) in [6.45, 7) is 4.31. The first-order valence-corrected chi connectivity index (χ1v) is 11.3. The maximum atomic E-state index is 14.0. The van der Waals surface area contributed by atoms with Crippen LogP contribution in [0.15, 0.2) is 48.5 Å². The SMILES string of the molecule is CC1SC2(C(=O)N(CN3CCCCC3)c3ccccc32)N(c2ccc(F)cc2)C1=O. The number of carbonyl (C=O) groups excluding carboxylic acids is 2. The van der Waals surface area contributed by atoms with Crippen molar-refractivity contribution in [2.75, 3.05) is 29.6 Å². The van der Waals surface area contributed by atoms with Gasteiger partial charge in [-0.1, -0.05) is 24.6 Å². The van der Waals surface area contributed by atoms with E-state index in [0.29, 0.717) is 12.4 Å². The first-order valence-electron chi connectivity index (χ1n) is 10.4. The highest BCUT2D eigenvalue weighted by molar-refractivity contribution is 8.03. The number of halogens is 1. The second-order valence-electron chi connectivity index (χ2n) is 8.12. The van der Waals surface area contributed by atoms with Gasteiger partial charge in [0, 0.05) is 11.3 Å². The normalized spacial score (nSPS) is 26.7. The lowest BCUT2D eigenvalue weighted by Crippen LogP contribution is -2.52. The molecule has 2 saturated heterocycles. The van der Waals surface area contributed by atoms with Crippen molar-refractivity contribution in [1.82, 2.24) is 4.90 Å². The van der Waals surface area contributed by atoms with E-state index >= 15 is 0 Å². The molecule has 0 saturated carbocycles. The Balaban J connectivity index is 1.61. The van der Waals surface area contributed by atoms with Crippen molar-refractivity contribution in [1.29, 1.82) is 0 Å². The van der Waals surface area contributed by atoms with Crippen LogP contribution in [0, 0.1) is 5.82 Å². The Morgan fingerprint density at radius 1 is 1.03 bits per heavy atom. The zero-order chi connectivity index (χ0) is 20.9. The number of para-hydroxylation sites is 1. The molecule has 0 N–H and O–H groups in total. The van der Waals surface area contributed by atoms with Crippen molar-refractivity contribution in [3.05, 3.63) is 59.9 Å². The van der Waals surface area contributed by atoms with Gasteiger partial charge >= 0.3 is 0 Å². The molecule has 7 heteroatoms. The third kappa shape index (κ3) is 2.87. The Morgan fingerprint density at radius 3 is 2.47 bits per heavy atom. The average Bonchev–Trinajstić information content (AvgIpc) is 3.16. The standard InChI is InChI=1S/C23H24FN3O2S/c1-16-21(28)27(18-11-9-17(24)10-12-18)23(30-16)19-7-3-4-8-20(19)26(22(23)29)15-25-13-5-2-6-14-25/h3-4,7-12,16H,2,5-6,13-15H2,1H3. The fraction of sp³-hybridized carbons (Fsp3) is 0.391. The van der Waals surface area contributed by atoms with Gasteiger partial charge < -0.3 is 0 Å². The summed E-state index contributed by atoms with van der Waals surface area (Å²) < 4.78 is 13.6. The Bertz CT molecular complexity index is 992. The molecule has 2 aromatic carbocycles. The minimum atomic E-state index is -1.15. The van der Waals surface area contributed by atoms with Gasteiger partial charge in [0.05, 0.1) is 17.6 Å². The molecular formula is C23H24FN3O2S. The van der Waals surface area contributed by atoms with Gasteiger partial charge in [0.25, 0.3) is 5.91 Å². The molecule has 2 unspecified atom stereocenters. The molecule has 5 rings (SSSR count). The van der Waals surface area contributed by atoms with Crippen LogP contribution in [0.2, 0.25) is 0 Å². The summed E-state index contributed by atoms with van der Waals surface area (Å²) in [7, 11) is 0. The summed E-state index contributed by atoms with van der Waals surface area (Å²) in [6, 6.07) is 13.6. The molecule has 2 atom stereocenters. The van der Waals surface area contributed by atoms with E-state index in [1.807, 2.05) is 36.1 Å². The second-order valence-corrected chi connectivity index (χ2v) is 9.66. The average molecular weight is 426 g/mol. The minimum absolute atomic E-state index is 0.0960. The molecule has 2 fully saturated rings. The van der Waals surface area contributed by atoms with E-state index in [-0.39, 0.29) is 22.9 Å². The van der Waals surface area contributed by atoms with Gasteiger partial charge in [-0.25, -0.2) is 4.39 Å². The molecule has 3 aliphatic heterocycles. The van der Waals surface area contributed by atoms with Crippen LogP contribution in [0.1, 0.15) is 31.7 Å². The first kappa shape index (κ1) is 19.6. The van der Waals surface area contributed by atoms with Gasteiger partial charge in [-0.05, 0) is 63.2 Å². The minimum Gasteiger partial charge on any atom is -0.295 e. The van der Waals surface area contributed by atoms with Crippen molar-refractivity contribution in [3.63, 3.8) is 0 Å². The molecule has 0 aliphatic carbocycles. The number of anilines is 2. The van der Waals surface area contributed by atoms with E-state index in [4.69, 9.17) is 0 Å². The van der Waals surface area contributed by atoms with E-state index in [9.17, 15) is 14.0 Å². The largest absolute Gasteiger partial charge is 0.295 e. The van der Waals surface area contributed by atoms with Crippen molar-refractivity contribution < 1.29 is 14.0 Å². The fourth-order valence-electron chi connectivity index (χ4n) is 4.77. The smallest absolute Gasteiger partial charge is 0.269 e. The van der Waals surface area contributed by atoms with Crippen LogP contribution >= 0.6 is 11.8 Å². The van der Waals surface area contributed by atoms with Crippen LogP contribution in [-0.2, 0) is 14.5 Å². The maximum Gasteiger partial charge on any atom is 0.269 e. The first-order chi connectivity index (χ1) is 14.5. The molecule has 3 heterocycles. The maximum absolute atomic E-state index is 14.0. The van der Waals surface area contributed by atoms with E-state index in [1.54, 1.807) is 17.0 Å². The van der Waals surface area contributed by atoms with Crippen molar-refractivity contribution in [3.8, 4) is 0 Å². The summed E-state index contributed by atoms with van der Waals surface area (Å²) in [5.41, 5.74) is 2.23. The predicted molar refractivity (Wildman–Crippen MR) is 117 cm³/mol. The molecule has 2 aromatic rings. The van der Waals surface area contributed by atoms with Crippen LogP contribution in [0.3, 0.4) is 0 Å². The number of thioether (sulfide) groups is 1. The molecule has 1 spiro atoms. The molecular weight excluding hydrogens is 401 g/mol. The monoisotopic (exact) mass is 425 g/mol. The highest BCUT2D eigenvalue weighted by Gasteiger charge is 2.63. The van der Waals surface area contributed by atoms with Gasteiger partial charge in [-0.15, -0.1) is 11.8 Å². The lowest BCUT2D eigenvalue weighted by molar-refractivity contribution is -0.124. The Kier molecular flexibility index (Phi) is 4.82. The fourth-order valence-corrected chi connectivity index (χ4v) is 6.30. The summed E-state index contributed by atoms with van der Waals surface area (Å²) in [5.74, 6) is -0.596. The number of rotatable bonds is 3. The van der Waals surface area contributed by atoms with Gasteiger partial charge in [0.1, 0.15) is 5.82 Å². The summed E-state index contributed by atoms with van der Waals surface area (Å²) in [4.78, 5) is 31.8. The molecule has 0 aromatic heterocycles. The van der Waals surface area contributed by atoms with Gasteiger partial charge in [-0.3, -0.25) is 24.3 Å². The zero-order valence-corrected chi connectivity index (χ0v) is 17.7. The number of hydrogen-bond acceptors (Lipinski definition) is 4. The number of carbonyl (C=O) groups is 2. The van der Waals surface area contributed by atoms with Crippen LogP contribution in [0.25, 0.3) is 0 Å². The Morgan fingerprint density at radius 2 is 1.73 bits per heavy atom. The molecule has 0 radical (unpaired) electrons. The quantitative estimate of drug-likeness (QED) is 0.747. The van der Waals surface area contributed by atoms with E-state index in [0.717, 1.165) is 37.2 Å². The van der Waals surface area contributed by atoms with E-state index < -0.39 is 4.87 Å². The van der Waals surface area contributed by atoms with Crippen LogP contribution in [0.4, 0.5) is 15.8 Å². The van der Waals surface area contributed by atoms with E-state index in [2.05, 4.69) is 4.90 Å². The highest BCUT2D eigenvalue weighted by atomic mass is 32.2. The van der Waals surface area contributed by atoms with Crippen LogP contribution < -0.4 is 9.80 Å². The van der Waals surface area contributed by atoms with Crippen LogP contribution in [-0.4, -0.2) is 41.7 Å². The highest BCUT2D eigenvalue weighted by Crippen LogP contribution is 2.57. The third-order valence-electron chi connectivity index (χ3n) is 6.20. The van der Waals surface area contributed by atoms with Crippen LogP contribution in [0.5, 0.6) is 0 Å². The second kappa shape index (κ2) is 7.39. The lowest BCUT2D eigenvalue weighted by Gasteiger charge is -2.35. The van der Waals surface area contributed by atoms with Crippen molar-refractivity contribution >= 4 is 35.0 Å². The van der Waals surface area contributed by atoms with Crippen molar-refractivity contribution in [2.24, 2.45) is 0 Å². The number of piperidine rings is 1. The van der Waals surface area contributed by atoms with Gasteiger partial charge in [0.15, 0.2) is 0 Å². The third-order valence-corrected chi connectivity index (χ3v) is 7.67. The number of nitrogens with zero attached hydrogens (tertiary/aromatic N) is 3. The number of benzene rings is 2. The Hall–Kier alpha value is -2.38. The summed E-state index contributed by atoms with van der Waals surface area (Å²) in [6.07, 6.45) is 3.51. The van der Waals surface area contributed by atoms with E-state index in [1.165, 1.54) is 30.3 Å². The van der Waals surface area contributed by atoms with Crippen molar-refractivity contribution in [2.45, 2.75) is 36.3 Å². The number of hydrogen-bond donors (Lipinski definition) is 0. The molecule has 2 amide bonds. The van der Waals surface area contributed by atoms with Gasteiger partial charge in [-0.2, -0.15) is 0 Å². The number of fused-ring (bicyclic) bond motifs is 2.